The Hall–Kier alpha value is -2.79. The van der Waals surface area contributed by atoms with Gasteiger partial charge in [0, 0.05) is 37.2 Å². The fraction of sp³-hybridized carbons (Fsp3) is 0.500. The molecule has 2 aromatic heterocycles. The molecular formula is C20H29N7O3S. The first-order valence-electron chi connectivity index (χ1n) is 10.1. The van der Waals surface area contributed by atoms with Crippen LogP contribution in [0.1, 0.15) is 31.4 Å². The van der Waals surface area contributed by atoms with E-state index in [9.17, 15) is 13.2 Å². The van der Waals surface area contributed by atoms with E-state index in [0.717, 1.165) is 19.4 Å². The molecule has 3 rings (SSSR count). The Balaban J connectivity index is 1.80. The summed E-state index contributed by atoms with van der Waals surface area (Å²) in [6, 6.07) is 4.55. The van der Waals surface area contributed by atoms with E-state index >= 15 is 0 Å². The summed E-state index contributed by atoms with van der Waals surface area (Å²) in [5.41, 5.74) is 7.00. The molecular weight excluding hydrogens is 418 g/mol. The number of nitrogen functional groups attached to an aromatic ring is 1. The summed E-state index contributed by atoms with van der Waals surface area (Å²) in [5, 5.41) is 5.41. The molecule has 0 radical (unpaired) electrons. The number of nitrogens with zero attached hydrogens (tertiary/aromatic N) is 4. The van der Waals surface area contributed by atoms with Crippen molar-refractivity contribution in [2.75, 3.05) is 44.5 Å². The second-order valence-corrected chi connectivity index (χ2v) is 10.4. The van der Waals surface area contributed by atoms with Crippen molar-refractivity contribution in [1.82, 2.24) is 25.2 Å². The Labute approximate surface area is 182 Å². The SMILES string of the molecule is CN(C)CCNC(=O)Nc1ccc(-c2nc(N)cc(C3(S(C)(=O)=O)CCCC3)n2)cn1. The average molecular weight is 448 g/mol. The summed E-state index contributed by atoms with van der Waals surface area (Å²) >= 11 is 0. The fourth-order valence-corrected chi connectivity index (χ4v) is 5.26. The van der Waals surface area contributed by atoms with Gasteiger partial charge in [-0.25, -0.2) is 28.2 Å². The highest BCUT2D eigenvalue weighted by Gasteiger charge is 2.46. The molecule has 11 heteroatoms. The number of hydrogen-bond acceptors (Lipinski definition) is 8. The standard InChI is InChI=1S/C20H29N7O3S/c1-27(2)11-10-22-19(28)26-17-7-6-14(13-23-17)18-24-15(12-16(21)25-18)20(31(3,29)30)8-4-5-9-20/h6-7,12-13H,4-5,8-11H2,1-3H3,(H2,21,24,25)(H2,22,23,26,28). The van der Waals surface area contributed by atoms with Crippen molar-refractivity contribution in [2.45, 2.75) is 30.4 Å². The minimum Gasteiger partial charge on any atom is -0.384 e. The molecule has 31 heavy (non-hydrogen) atoms. The number of nitrogens with two attached hydrogens (primary N) is 1. The van der Waals surface area contributed by atoms with Crippen LogP contribution in [-0.2, 0) is 14.6 Å². The lowest BCUT2D eigenvalue weighted by molar-refractivity contribution is 0.250. The van der Waals surface area contributed by atoms with Gasteiger partial charge in [-0.3, -0.25) is 5.32 Å². The van der Waals surface area contributed by atoms with E-state index in [1.165, 1.54) is 12.5 Å². The van der Waals surface area contributed by atoms with Gasteiger partial charge in [-0.15, -0.1) is 0 Å². The van der Waals surface area contributed by atoms with Crippen LogP contribution in [0.4, 0.5) is 16.4 Å². The zero-order valence-electron chi connectivity index (χ0n) is 18.1. The number of pyridine rings is 1. The summed E-state index contributed by atoms with van der Waals surface area (Å²) in [7, 11) is 0.464. The number of likely N-dealkylation sites (N-methyl/N-ethyl adjacent to an activating group) is 1. The van der Waals surface area contributed by atoms with Crippen molar-refractivity contribution in [3.63, 3.8) is 0 Å². The van der Waals surface area contributed by atoms with Gasteiger partial charge in [0.2, 0.25) is 0 Å². The summed E-state index contributed by atoms with van der Waals surface area (Å²) in [6.45, 7) is 1.24. The Morgan fingerprint density at radius 2 is 1.94 bits per heavy atom. The fourth-order valence-electron chi connectivity index (χ4n) is 3.75. The van der Waals surface area contributed by atoms with Crippen molar-refractivity contribution in [3.8, 4) is 11.4 Å². The van der Waals surface area contributed by atoms with Crippen LogP contribution in [0.15, 0.2) is 24.4 Å². The quantitative estimate of drug-likeness (QED) is 0.581. The smallest absolute Gasteiger partial charge is 0.320 e. The van der Waals surface area contributed by atoms with Crippen molar-refractivity contribution in [3.05, 3.63) is 30.1 Å². The monoisotopic (exact) mass is 447 g/mol. The summed E-state index contributed by atoms with van der Waals surface area (Å²) in [6.07, 6.45) is 5.46. The molecule has 0 unspecified atom stereocenters. The number of amides is 2. The highest BCUT2D eigenvalue weighted by Crippen LogP contribution is 2.45. The number of hydrogen-bond donors (Lipinski definition) is 3. The number of carbonyl (C=O) groups is 1. The average Bonchev–Trinajstić information content (AvgIpc) is 3.19. The van der Waals surface area contributed by atoms with Crippen LogP contribution in [0.3, 0.4) is 0 Å². The molecule has 0 spiro atoms. The Kier molecular flexibility index (Phi) is 6.75. The molecule has 2 aromatic rings. The Morgan fingerprint density at radius 1 is 1.23 bits per heavy atom. The number of anilines is 2. The van der Waals surface area contributed by atoms with Gasteiger partial charge < -0.3 is 16.0 Å². The van der Waals surface area contributed by atoms with Crippen LogP contribution in [0.25, 0.3) is 11.4 Å². The number of aromatic nitrogens is 3. The molecule has 4 N–H and O–H groups in total. The van der Waals surface area contributed by atoms with Gasteiger partial charge in [-0.1, -0.05) is 12.8 Å². The third-order valence-corrected chi connectivity index (χ3v) is 7.48. The van der Waals surface area contributed by atoms with Gasteiger partial charge >= 0.3 is 6.03 Å². The minimum absolute atomic E-state index is 0.206. The summed E-state index contributed by atoms with van der Waals surface area (Å²) in [4.78, 5) is 27.0. The van der Waals surface area contributed by atoms with Gasteiger partial charge in [0.25, 0.3) is 0 Å². The Morgan fingerprint density at radius 3 is 2.52 bits per heavy atom. The number of nitrogens with one attached hydrogen (secondary N) is 2. The molecule has 1 saturated carbocycles. The highest BCUT2D eigenvalue weighted by molar-refractivity contribution is 7.91. The number of carbonyl (C=O) groups excluding carboxylic acids is 1. The molecule has 2 amide bonds. The molecule has 1 aliphatic carbocycles. The van der Waals surface area contributed by atoms with E-state index in [1.807, 2.05) is 19.0 Å². The third kappa shape index (κ3) is 5.28. The van der Waals surface area contributed by atoms with Crippen molar-refractivity contribution >= 4 is 27.5 Å². The third-order valence-electron chi connectivity index (χ3n) is 5.44. The van der Waals surface area contributed by atoms with E-state index in [0.29, 0.717) is 42.3 Å². The first-order valence-corrected chi connectivity index (χ1v) is 12.0. The number of sulfone groups is 1. The maximum atomic E-state index is 12.6. The molecule has 0 saturated heterocycles. The molecule has 0 aliphatic heterocycles. The molecule has 0 bridgehead atoms. The van der Waals surface area contributed by atoms with Crippen LogP contribution in [0.5, 0.6) is 0 Å². The predicted molar refractivity (Wildman–Crippen MR) is 120 cm³/mol. The molecule has 1 fully saturated rings. The van der Waals surface area contributed by atoms with E-state index < -0.39 is 14.6 Å². The lowest BCUT2D eigenvalue weighted by atomic mass is 10.0. The summed E-state index contributed by atoms with van der Waals surface area (Å²) in [5.74, 6) is 0.885. The van der Waals surface area contributed by atoms with Gasteiger partial charge in [0.15, 0.2) is 15.7 Å². The van der Waals surface area contributed by atoms with Crippen LogP contribution in [0, 0.1) is 0 Å². The first-order chi connectivity index (χ1) is 14.6. The largest absolute Gasteiger partial charge is 0.384 e. The molecule has 168 valence electrons. The first kappa shape index (κ1) is 22.9. The van der Waals surface area contributed by atoms with Crippen LogP contribution < -0.4 is 16.4 Å². The molecule has 0 atom stereocenters. The second-order valence-electron chi connectivity index (χ2n) is 8.09. The zero-order valence-corrected chi connectivity index (χ0v) is 18.9. The lowest BCUT2D eigenvalue weighted by Crippen LogP contribution is -2.34. The predicted octanol–water partition coefficient (Wildman–Crippen LogP) is 1.62. The van der Waals surface area contributed by atoms with Gasteiger partial charge in [0.05, 0.1) is 5.69 Å². The van der Waals surface area contributed by atoms with Crippen molar-refractivity contribution in [1.29, 1.82) is 0 Å². The Bertz CT molecular complexity index is 1030. The van der Waals surface area contributed by atoms with Gasteiger partial charge in [0.1, 0.15) is 16.4 Å². The topological polar surface area (TPSA) is 143 Å². The zero-order chi connectivity index (χ0) is 22.6. The normalized spacial score (nSPS) is 15.7. The lowest BCUT2D eigenvalue weighted by Gasteiger charge is -2.26. The highest BCUT2D eigenvalue weighted by atomic mass is 32.2. The van der Waals surface area contributed by atoms with Gasteiger partial charge in [-0.2, -0.15) is 0 Å². The number of urea groups is 1. The van der Waals surface area contributed by atoms with Crippen LogP contribution >= 0.6 is 0 Å². The van der Waals surface area contributed by atoms with Crippen molar-refractivity contribution < 1.29 is 13.2 Å². The van der Waals surface area contributed by atoms with E-state index in [4.69, 9.17) is 5.73 Å². The number of rotatable bonds is 7. The van der Waals surface area contributed by atoms with Crippen molar-refractivity contribution in [2.24, 2.45) is 0 Å². The maximum Gasteiger partial charge on any atom is 0.320 e. The van der Waals surface area contributed by atoms with E-state index in [2.05, 4.69) is 25.6 Å². The maximum absolute atomic E-state index is 12.6. The van der Waals surface area contributed by atoms with Crippen LogP contribution in [-0.4, -0.2) is 67.7 Å². The van der Waals surface area contributed by atoms with E-state index in [-0.39, 0.29) is 11.8 Å². The molecule has 0 aromatic carbocycles. The molecule has 2 heterocycles. The molecule has 10 nitrogen and oxygen atoms in total. The summed E-state index contributed by atoms with van der Waals surface area (Å²) < 4.78 is 24.2. The van der Waals surface area contributed by atoms with Crippen LogP contribution in [0.2, 0.25) is 0 Å². The molecule has 1 aliphatic rings. The minimum atomic E-state index is -3.39. The van der Waals surface area contributed by atoms with Gasteiger partial charge in [-0.05, 0) is 39.1 Å². The second kappa shape index (κ2) is 9.15. The van der Waals surface area contributed by atoms with E-state index in [1.54, 1.807) is 18.2 Å².